The second-order valence-electron chi connectivity index (χ2n) is 8.46. The molecular weight excluding hydrogens is 394 g/mol. The molecule has 0 aromatic carbocycles. The minimum Gasteiger partial charge on any atom is -0.466 e. The lowest BCUT2D eigenvalue weighted by atomic mass is 9.86. The molecule has 0 unspecified atom stereocenters. The van der Waals surface area contributed by atoms with Gasteiger partial charge in [0.25, 0.3) is 0 Å². The van der Waals surface area contributed by atoms with Crippen molar-refractivity contribution in [3.8, 4) is 0 Å². The molecule has 0 bridgehead atoms. The van der Waals surface area contributed by atoms with Gasteiger partial charge in [-0.2, -0.15) is 0 Å². The molecule has 0 radical (unpaired) electrons. The van der Waals surface area contributed by atoms with Crippen LogP contribution in [0.25, 0.3) is 0 Å². The second kappa shape index (κ2) is 12.6. The Morgan fingerprint density at radius 3 is 2.28 bits per heavy atom. The van der Waals surface area contributed by atoms with Crippen LogP contribution in [-0.4, -0.2) is 68.4 Å². The molecule has 3 rings (SSSR count). The van der Waals surface area contributed by atoms with E-state index in [1.165, 1.54) is 12.8 Å². The van der Waals surface area contributed by atoms with Crippen molar-refractivity contribution in [3.05, 3.63) is 0 Å². The average Bonchev–Trinajstić information content (AvgIpc) is 2.74. The lowest BCUT2D eigenvalue weighted by molar-refractivity contribution is -0.149. The van der Waals surface area contributed by atoms with Gasteiger partial charge in [0.05, 0.1) is 18.6 Å². The summed E-state index contributed by atoms with van der Waals surface area (Å²) in [4.78, 5) is 26.3. The highest BCUT2D eigenvalue weighted by atomic mass is 35.5. The number of nitrogens with zero attached hydrogens (tertiary/aromatic N) is 1. The van der Waals surface area contributed by atoms with E-state index in [4.69, 9.17) is 9.47 Å². The zero-order valence-electron chi connectivity index (χ0n) is 17.7. The van der Waals surface area contributed by atoms with Gasteiger partial charge in [0.1, 0.15) is 0 Å². The molecule has 3 aliphatic rings. The maximum absolute atomic E-state index is 12.6. The molecule has 2 amide bonds. The van der Waals surface area contributed by atoms with Crippen LogP contribution < -0.4 is 10.6 Å². The van der Waals surface area contributed by atoms with Crippen LogP contribution in [0.3, 0.4) is 0 Å². The number of urea groups is 1. The highest BCUT2D eigenvalue weighted by Gasteiger charge is 2.30. The number of likely N-dealkylation sites (tertiary alicyclic amines) is 1. The zero-order valence-corrected chi connectivity index (χ0v) is 18.5. The predicted molar refractivity (Wildman–Crippen MR) is 114 cm³/mol. The third kappa shape index (κ3) is 7.61. The van der Waals surface area contributed by atoms with E-state index in [2.05, 4.69) is 10.6 Å². The molecule has 0 aromatic heterocycles. The van der Waals surface area contributed by atoms with Crippen LogP contribution in [-0.2, 0) is 14.3 Å². The minimum atomic E-state index is -0.0844. The monoisotopic (exact) mass is 431 g/mol. The van der Waals surface area contributed by atoms with E-state index in [1.54, 1.807) is 0 Å². The molecule has 0 aromatic rings. The van der Waals surface area contributed by atoms with Gasteiger partial charge in [-0.15, -0.1) is 12.4 Å². The van der Waals surface area contributed by atoms with Crippen molar-refractivity contribution in [2.45, 2.75) is 70.4 Å². The molecule has 1 aliphatic carbocycles. The smallest absolute Gasteiger partial charge is 0.317 e. The van der Waals surface area contributed by atoms with E-state index in [-0.39, 0.29) is 36.4 Å². The second-order valence-corrected chi connectivity index (χ2v) is 8.46. The summed E-state index contributed by atoms with van der Waals surface area (Å²) in [6.07, 6.45) is 7.86. The number of piperidine rings is 2. The van der Waals surface area contributed by atoms with Crippen molar-refractivity contribution in [2.24, 2.45) is 11.8 Å². The topological polar surface area (TPSA) is 79.9 Å². The van der Waals surface area contributed by atoms with Gasteiger partial charge in [-0.3, -0.25) is 4.79 Å². The first-order valence-corrected chi connectivity index (χ1v) is 11.2. The van der Waals surface area contributed by atoms with Gasteiger partial charge in [-0.25, -0.2) is 4.79 Å². The van der Waals surface area contributed by atoms with Gasteiger partial charge < -0.3 is 25.0 Å². The van der Waals surface area contributed by atoms with Crippen molar-refractivity contribution in [1.29, 1.82) is 0 Å². The first-order valence-electron chi connectivity index (χ1n) is 11.2. The van der Waals surface area contributed by atoms with E-state index in [0.29, 0.717) is 18.6 Å². The lowest BCUT2D eigenvalue weighted by Crippen LogP contribution is -2.50. The highest BCUT2D eigenvalue weighted by Crippen LogP contribution is 2.26. The molecule has 3 fully saturated rings. The van der Waals surface area contributed by atoms with Crippen LogP contribution in [0.4, 0.5) is 4.79 Å². The zero-order chi connectivity index (χ0) is 19.8. The third-order valence-corrected chi connectivity index (χ3v) is 6.43. The molecule has 2 aliphatic heterocycles. The number of esters is 1. The summed E-state index contributed by atoms with van der Waals surface area (Å²) in [5, 5.41) is 6.55. The minimum absolute atomic E-state index is 0. The lowest BCUT2D eigenvalue weighted by Gasteiger charge is -2.35. The molecule has 8 heteroatoms. The van der Waals surface area contributed by atoms with Gasteiger partial charge in [-0.1, -0.05) is 0 Å². The Hall–Kier alpha value is -1.05. The number of ether oxygens (including phenoxy) is 2. The quantitative estimate of drug-likeness (QED) is 0.632. The van der Waals surface area contributed by atoms with Crippen LogP contribution in [0, 0.1) is 11.8 Å². The molecule has 2 N–H and O–H groups in total. The normalized spacial score (nSPS) is 26.4. The molecule has 29 heavy (non-hydrogen) atoms. The molecule has 0 atom stereocenters. The Morgan fingerprint density at radius 1 is 1.00 bits per heavy atom. The molecule has 2 saturated heterocycles. The number of hydrogen-bond donors (Lipinski definition) is 2. The molecule has 7 nitrogen and oxygen atoms in total. The Morgan fingerprint density at radius 2 is 1.66 bits per heavy atom. The van der Waals surface area contributed by atoms with E-state index in [9.17, 15) is 9.59 Å². The predicted octanol–water partition coefficient (Wildman–Crippen LogP) is 2.72. The van der Waals surface area contributed by atoms with Crippen LogP contribution >= 0.6 is 12.4 Å². The molecule has 168 valence electrons. The van der Waals surface area contributed by atoms with E-state index >= 15 is 0 Å². The van der Waals surface area contributed by atoms with Gasteiger partial charge >= 0.3 is 12.0 Å². The Bertz CT molecular complexity index is 500. The Labute approximate surface area is 181 Å². The number of rotatable bonds is 6. The van der Waals surface area contributed by atoms with Crippen molar-refractivity contribution in [2.75, 3.05) is 39.4 Å². The summed E-state index contributed by atoms with van der Waals surface area (Å²) in [6.45, 7) is 6.88. The highest BCUT2D eigenvalue weighted by molar-refractivity contribution is 5.85. The van der Waals surface area contributed by atoms with Crippen molar-refractivity contribution >= 4 is 24.4 Å². The number of nitrogens with one attached hydrogen (secondary N) is 2. The van der Waals surface area contributed by atoms with Crippen LogP contribution in [0.5, 0.6) is 0 Å². The van der Waals surface area contributed by atoms with E-state index < -0.39 is 0 Å². The summed E-state index contributed by atoms with van der Waals surface area (Å²) in [5.74, 6) is 0.604. The van der Waals surface area contributed by atoms with Crippen LogP contribution in [0.1, 0.15) is 58.3 Å². The maximum atomic E-state index is 12.6. The van der Waals surface area contributed by atoms with Gasteiger partial charge in [0.15, 0.2) is 0 Å². The van der Waals surface area contributed by atoms with Crippen LogP contribution in [0.2, 0.25) is 0 Å². The maximum Gasteiger partial charge on any atom is 0.317 e. The number of amides is 2. The fourth-order valence-corrected chi connectivity index (χ4v) is 4.55. The summed E-state index contributed by atoms with van der Waals surface area (Å²) in [6, 6.07) is 0.212. The fraction of sp³-hybridized carbons (Fsp3) is 0.905. The number of carbonyl (C=O) groups is 2. The number of carbonyl (C=O) groups excluding carboxylic acids is 2. The molecule has 0 spiro atoms. The molecule has 2 heterocycles. The summed E-state index contributed by atoms with van der Waals surface area (Å²) in [5.41, 5.74) is 0. The fourth-order valence-electron chi connectivity index (χ4n) is 4.55. The number of hydrogen-bond acceptors (Lipinski definition) is 5. The standard InChI is InChI=1S/C21H37N3O4.ClH/c1-2-27-20(25)17-3-5-18(6-4-17)23-21(26)24-13-9-19(10-14-24)28-15-16-7-11-22-12-8-16;/h16-19,22H,2-15H2,1H3,(H,23,26);1H. The van der Waals surface area contributed by atoms with Gasteiger partial charge in [0.2, 0.25) is 0 Å². The SMILES string of the molecule is CCOC(=O)C1CCC(NC(=O)N2CCC(OCC3CCNCC3)CC2)CC1.Cl. The molecule has 1 saturated carbocycles. The first-order chi connectivity index (χ1) is 13.7. The van der Waals surface area contributed by atoms with Gasteiger partial charge in [0, 0.05) is 25.7 Å². The Balaban J connectivity index is 0.00000300. The van der Waals surface area contributed by atoms with Gasteiger partial charge in [-0.05, 0) is 77.3 Å². The third-order valence-electron chi connectivity index (χ3n) is 6.43. The van der Waals surface area contributed by atoms with Crippen LogP contribution in [0.15, 0.2) is 0 Å². The van der Waals surface area contributed by atoms with Crippen molar-refractivity contribution < 1.29 is 19.1 Å². The first kappa shape index (κ1) is 24.2. The average molecular weight is 432 g/mol. The van der Waals surface area contributed by atoms with Crippen molar-refractivity contribution in [3.63, 3.8) is 0 Å². The largest absolute Gasteiger partial charge is 0.466 e. The molecular formula is C21H38ClN3O4. The van der Waals surface area contributed by atoms with Crippen molar-refractivity contribution in [1.82, 2.24) is 15.5 Å². The van der Waals surface area contributed by atoms with E-state index in [0.717, 1.165) is 71.3 Å². The summed E-state index contributed by atoms with van der Waals surface area (Å²) >= 11 is 0. The Kier molecular flexibility index (Phi) is 10.5. The van der Waals surface area contributed by atoms with E-state index in [1.807, 2.05) is 11.8 Å². The summed E-state index contributed by atoms with van der Waals surface area (Å²) in [7, 11) is 0. The number of halogens is 1. The summed E-state index contributed by atoms with van der Waals surface area (Å²) < 4.78 is 11.2.